The largest absolute Gasteiger partial charge is 0.396 e. The van der Waals surface area contributed by atoms with Crippen molar-refractivity contribution in [2.24, 2.45) is 5.73 Å². The molecule has 0 bridgehead atoms. The number of aromatic nitrogens is 2. The molecule has 0 spiro atoms. The molecule has 4 heteroatoms. The number of hydrogen-bond donors (Lipinski definition) is 2. The maximum Gasteiger partial charge on any atom is 0.0552 e. The number of aliphatic hydroxyl groups is 1. The van der Waals surface area contributed by atoms with Crippen molar-refractivity contribution in [3.05, 3.63) is 18.0 Å². The van der Waals surface area contributed by atoms with Crippen LogP contribution in [0.5, 0.6) is 0 Å². The van der Waals surface area contributed by atoms with E-state index >= 15 is 0 Å². The zero-order chi connectivity index (χ0) is 8.97. The maximum atomic E-state index is 8.69. The second-order valence-electron chi connectivity index (χ2n) is 2.69. The third-order valence-corrected chi connectivity index (χ3v) is 1.87. The summed E-state index contributed by atoms with van der Waals surface area (Å²) in [5.41, 5.74) is 6.80. The Morgan fingerprint density at radius 3 is 3.08 bits per heavy atom. The molecule has 12 heavy (non-hydrogen) atoms. The Morgan fingerprint density at radius 1 is 1.75 bits per heavy atom. The molecule has 0 radical (unpaired) electrons. The summed E-state index contributed by atoms with van der Waals surface area (Å²) >= 11 is 0. The molecule has 0 saturated heterocycles. The summed E-state index contributed by atoms with van der Waals surface area (Å²) in [6.07, 6.45) is 2.32. The van der Waals surface area contributed by atoms with Gasteiger partial charge in [0.05, 0.1) is 5.69 Å². The van der Waals surface area contributed by atoms with Gasteiger partial charge in [-0.2, -0.15) is 5.10 Å². The Morgan fingerprint density at radius 2 is 2.50 bits per heavy atom. The Hall–Kier alpha value is -0.870. The van der Waals surface area contributed by atoms with Crippen LogP contribution in [0.2, 0.25) is 0 Å². The molecule has 0 aliphatic carbocycles. The lowest BCUT2D eigenvalue weighted by molar-refractivity contribution is 0.274. The van der Waals surface area contributed by atoms with E-state index in [0.29, 0.717) is 6.42 Å². The quantitative estimate of drug-likeness (QED) is 0.680. The molecule has 1 aromatic rings. The van der Waals surface area contributed by atoms with Crippen LogP contribution in [0.3, 0.4) is 0 Å². The highest BCUT2D eigenvalue weighted by molar-refractivity contribution is 5.05. The van der Waals surface area contributed by atoms with E-state index in [2.05, 4.69) is 5.10 Å². The maximum absolute atomic E-state index is 8.69. The lowest BCUT2D eigenvalue weighted by atomic mass is 10.1. The standard InChI is InChI=1S/C8H15N3O/c1-2-11-8(3-5-10-11)7(9)4-6-12/h3,5,7,12H,2,4,6,9H2,1H3. The van der Waals surface area contributed by atoms with Gasteiger partial charge in [0.1, 0.15) is 0 Å². The lowest BCUT2D eigenvalue weighted by Crippen LogP contribution is -2.16. The van der Waals surface area contributed by atoms with Crippen molar-refractivity contribution in [1.82, 2.24) is 9.78 Å². The molecule has 0 amide bonds. The van der Waals surface area contributed by atoms with Gasteiger partial charge in [0.2, 0.25) is 0 Å². The van der Waals surface area contributed by atoms with Crippen LogP contribution in [0.4, 0.5) is 0 Å². The van der Waals surface area contributed by atoms with E-state index in [9.17, 15) is 0 Å². The Bertz CT molecular complexity index is 234. The molecule has 4 nitrogen and oxygen atoms in total. The topological polar surface area (TPSA) is 64.1 Å². The van der Waals surface area contributed by atoms with Crippen LogP contribution in [-0.2, 0) is 6.54 Å². The van der Waals surface area contributed by atoms with E-state index < -0.39 is 0 Å². The summed E-state index contributed by atoms with van der Waals surface area (Å²) in [5.74, 6) is 0. The Balaban J connectivity index is 2.71. The highest BCUT2D eigenvalue weighted by Gasteiger charge is 2.09. The molecule has 0 aliphatic rings. The summed E-state index contributed by atoms with van der Waals surface area (Å²) in [4.78, 5) is 0. The molecule has 3 N–H and O–H groups in total. The van der Waals surface area contributed by atoms with Gasteiger partial charge in [-0.3, -0.25) is 4.68 Å². The van der Waals surface area contributed by atoms with E-state index in [-0.39, 0.29) is 12.6 Å². The van der Waals surface area contributed by atoms with Crippen LogP contribution < -0.4 is 5.73 Å². The van der Waals surface area contributed by atoms with Crippen molar-refractivity contribution in [2.45, 2.75) is 25.9 Å². The zero-order valence-corrected chi connectivity index (χ0v) is 7.27. The van der Waals surface area contributed by atoms with Gasteiger partial charge in [0, 0.05) is 25.4 Å². The fraction of sp³-hybridized carbons (Fsp3) is 0.625. The van der Waals surface area contributed by atoms with E-state index in [1.165, 1.54) is 0 Å². The highest BCUT2D eigenvalue weighted by atomic mass is 16.3. The molecule has 1 rings (SSSR count). The van der Waals surface area contributed by atoms with E-state index in [1.54, 1.807) is 6.20 Å². The summed E-state index contributed by atoms with van der Waals surface area (Å²) < 4.78 is 1.85. The van der Waals surface area contributed by atoms with Gasteiger partial charge in [-0.05, 0) is 19.4 Å². The van der Waals surface area contributed by atoms with Gasteiger partial charge >= 0.3 is 0 Å². The summed E-state index contributed by atoms with van der Waals surface area (Å²) in [6, 6.07) is 1.79. The van der Waals surface area contributed by atoms with Crippen molar-refractivity contribution in [1.29, 1.82) is 0 Å². The Kier molecular flexibility index (Phi) is 3.25. The minimum absolute atomic E-state index is 0.0996. The predicted molar refractivity (Wildman–Crippen MR) is 46.5 cm³/mol. The van der Waals surface area contributed by atoms with Crippen molar-refractivity contribution in [3.63, 3.8) is 0 Å². The van der Waals surface area contributed by atoms with Crippen LogP contribution in [0, 0.1) is 0 Å². The van der Waals surface area contributed by atoms with Crippen LogP contribution in [0.15, 0.2) is 12.3 Å². The van der Waals surface area contributed by atoms with Crippen molar-refractivity contribution < 1.29 is 5.11 Å². The van der Waals surface area contributed by atoms with E-state index in [1.807, 2.05) is 17.7 Å². The number of aryl methyl sites for hydroxylation is 1. The molecule has 0 saturated carbocycles. The first-order chi connectivity index (χ1) is 5.79. The first-order valence-corrected chi connectivity index (χ1v) is 4.17. The van der Waals surface area contributed by atoms with Gasteiger partial charge in [0.15, 0.2) is 0 Å². The molecular weight excluding hydrogens is 154 g/mol. The predicted octanol–water partition coefficient (Wildman–Crippen LogP) is 0.285. The minimum Gasteiger partial charge on any atom is -0.396 e. The molecule has 0 aromatic carbocycles. The van der Waals surface area contributed by atoms with Crippen LogP contribution in [0.25, 0.3) is 0 Å². The zero-order valence-electron chi connectivity index (χ0n) is 7.27. The fourth-order valence-corrected chi connectivity index (χ4v) is 1.21. The van der Waals surface area contributed by atoms with Gasteiger partial charge in [-0.15, -0.1) is 0 Å². The number of rotatable bonds is 4. The number of nitrogens with two attached hydrogens (primary N) is 1. The molecule has 1 unspecified atom stereocenters. The summed E-state index contributed by atoms with van der Waals surface area (Å²) in [5, 5.41) is 12.8. The molecular formula is C8H15N3O. The molecule has 1 atom stereocenters. The van der Waals surface area contributed by atoms with Crippen LogP contribution in [-0.4, -0.2) is 21.5 Å². The smallest absolute Gasteiger partial charge is 0.0552 e. The van der Waals surface area contributed by atoms with Gasteiger partial charge in [-0.25, -0.2) is 0 Å². The van der Waals surface area contributed by atoms with Crippen LogP contribution >= 0.6 is 0 Å². The summed E-state index contributed by atoms with van der Waals surface area (Å²) in [7, 11) is 0. The molecule has 0 fully saturated rings. The second-order valence-corrected chi connectivity index (χ2v) is 2.69. The average Bonchev–Trinajstić information content (AvgIpc) is 2.51. The first kappa shape index (κ1) is 9.22. The molecule has 0 aliphatic heterocycles. The monoisotopic (exact) mass is 169 g/mol. The summed E-state index contributed by atoms with van der Waals surface area (Å²) in [6.45, 7) is 2.96. The van der Waals surface area contributed by atoms with Crippen molar-refractivity contribution >= 4 is 0 Å². The SMILES string of the molecule is CCn1nccc1C(N)CCO. The van der Waals surface area contributed by atoms with Gasteiger partial charge < -0.3 is 10.8 Å². The van der Waals surface area contributed by atoms with E-state index in [4.69, 9.17) is 10.8 Å². The minimum atomic E-state index is -0.0996. The number of nitrogens with zero attached hydrogens (tertiary/aromatic N) is 2. The highest BCUT2D eigenvalue weighted by Crippen LogP contribution is 2.12. The molecule has 1 heterocycles. The number of aliphatic hydroxyl groups excluding tert-OH is 1. The first-order valence-electron chi connectivity index (χ1n) is 4.17. The normalized spacial score (nSPS) is 13.2. The second kappa shape index (κ2) is 4.23. The van der Waals surface area contributed by atoms with Gasteiger partial charge in [0.25, 0.3) is 0 Å². The third kappa shape index (κ3) is 1.84. The molecule has 68 valence electrons. The average molecular weight is 169 g/mol. The van der Waals surface area contributed by atoms with Crippen molar-refractivity contribution in [3.8, 4) is 0 Å². The number of hydrogen-bond acceptors (Lipinski definition) is 3. The van der Waals surface area contributed by atoms with E-state index in [0.717, 1.165) is 12.2 Å². The fourth-order valence-electron chi connectivity index (χ4n) is 1.21. The van der Waals surface area contributed by atoms with Crippen LogP contribution in [0.1, 0.15) is 25.1 Å². The third-order valence-electron chi connectivity index (χ3n) is 1.87. The lowest BCUT2D eigenvalue weighted by Gasteiger charge is -2.11. The Labute approximate surface area is 72.0 Å². The molecule has 1 aromatic heterocycles. The van der Waals surface area contributed by atoms with Crippen molar-refractivity contribution in [2.75, 3.05) is 6.61 Å². The van der Waals surface area contributed by atoms with Gasteiger partial charge in [-0.1, -0.05) is 0 Å².